The van der Waals surface area contributed by atoms with Crippen molar-refractivity contribution in [3.8, 4) is 0 Å². The van der Waals surface area contributed by atoms with Gasteiger partial charge in [-0.15, -0.1) is 0 Å². The van der Waals surface area contributed by atoms with E-state index in [9.17, 15) is 14.0 Å². The van der Waals surface area contributed by atoms with Crippen molar-refractivity contribution in [1.82, 2.24) is 10.2 Å². The van der Waals surface area contributed by atoms with Gasteiger partial charge in [0.15, 0.2) is 0 Å². The Morgan fingerprint density at radius 1 is 1.00 bits per heavy atom. The van der Waals surface area contributed by atoms with Gasteiger partial charge in [0.1, 0.15) is 11.9 Å². The number of benzene rings is 2. The van der Waals surface area contributed by atoms with E-state index in [1.807, 2.05) is 37.3 Å². The smallest absolute Gasteiger partial charge is 0.242 e. The molecule has 0 saturated heterocycles. The fourth-order valence-electron chi connectivity index (χ4n) is 3.08. The first-order valence-corrected chi connectivity index (χ1v) is 9.90. The van der Waals surface area contributed by atoms with Crippen LogP contribution in [0.15, 0.2) is 54.6 Å². The average molecular weight is 384 g/mol. The Morgan fingerprint density at radius 2 is 1.68 bits per heavy atom. The van der Waals surface area contributed by atoms with Crippen LogP contribution in [0.5, 0.6) is 0 Å². The van der Waals surface area contributed by atoms with Crippen LogP contribution in [-0.4, -0.2) is 29.3 Å². The molecule has 1 N–H and O–H groups in total. The molecule has 4 nitrogen and oxygen atoms in total. The number of nitrogens with zero attached hydrogens (tertiary/aromatic N) is 1. The van der Waals surface area contributed by atoms with Crippen LogP contribution in [0.4, 0.5) is 4.39 Å². The molecule has 0 spiro atoms. The third kappa shape index (κ3) is 6.48. The topological polar surface area (TPSA) is 49.4 Å². The zero-order valence-electron chi connectivity index (χ0n) is 16.7. The van der Waals surface area contributed by atoms with Crippen LogP contribution in [0.25, 0.3) is 0 Å². The van der Waals surface area contributed by atoms with Crippen molar-refractivity contribution in [1.29, 1.82) is 0 Å². The van der Waals surface area contributed by atoms with Gasteiger partial charge in [-0.3, -0.25) is 9.59 Å². The third-order valence-corrected chi connectivity index (χ3v) is 4.68. The number of carbonyl (C=O) groups is 2. The van der Waals surface area contributed by atoms with E-state index in [0.717, 1.165) is 24.0 Å². The molecule has 2 rings (SSSR count). The van der Waals surface area contributed by atoms with Crippen LogP contribution in [0.2, 0.25) is 0 Å². The molecule has 2 aromatic carbocycles. The summed E-state index contributed by atoms with van der Waals surface area (Å²) in [6.45, 7) is 4.95. The van der Waals surface area contributed by atoms with Crippen LogP contribution in [-0.2, 0) is 22.6 Å². The maximum Gasteiger partial charge on any atom is 0.242 e. The highest BCUT2D eigenvalue weighted by molar-refractivity contribution is 5.88. The van der Waals surface area contributed by atoms with Crippen LogP contribution in [0, 0.1) is 5.82 Å². The number of hydrogen-bond donors (Lipinski definition) is 1. The normalized spacial score (nSPS) is 11.7. The van der Waals surface area contributed by atoms with E-state index in [2.05, 4.69) is 12.2 Å². The Bertz CT molecular complexity index is 747. The lowest BCUT2D eigenvalue weighted by Gasteiger charge is -2.30. The Kier molecular flexibility index (Phi) is 8.66. The summed E-state index contributed by atoms with van der Waals surface area (Å²) in [5, 5.41) is 2.94. The zero-order chi connectivity index (χ0) is 20.4. The molecule has 1 atom stereocenters. The molecule has 0 radical (unpaired) electrons. The zero-order valence-corrected chi connectivity index (χ0v) is 16.7. The van der Waals surface area contributed by atoms with Crippen molar-refractivity contribution in [3.63, 3.8) is 0 Å². The molecule has 0 aliphatic rings. The summed E-state index contributed by atoms with van der Waals surface area (Å²) in [5.41, 5.74) is 1.69. The molecular formula is C23H29FN2O2. The maximum absolute atomic E-state index is 13.2. The van der Waals surface area contributed by atoms with Gasteiger partial charge in [0, 0.05) is 13.1 Å². The summed E-state index contributed by atoms with van der Waals surface area (Å²) >= 11 is 0. The molecule has 0 fully saturated rings. The fourth-order valence-corrected chi connectivity index (χ4v) is 3.08. The van der Waals surface area contributed by atoms with Crippen LogP contribution >= 0.6 is 0 Å². The summed E-state index contributed by atoms with van der Waals surface area (Å²) in [5.74, 6) is -0.605. The summed E-state index contributed by atoms with van der Waals surface area (Å²) in [7, 11) is 0. The fraction of sp³-hybridized carbons (Fsp3) is 0.391. The van der Waals surface area contributed by atoms with Gasteiger partial charge in [-0.25, -0.2) is 4.39 Å². The highest BCUT2D eigenvalue weighted by atomic mass is 19.1. The average Bonchev–Trinajstić information content (AvgIpc) is 2.70. The second-order valence-corrected chi connectivity index (χ2v) is 6.88. The molecule has 2 amide bonds. The van der Waals surface area contributed by atoms with Crippen molar-refractivity contribution >= 4 is 11.8 Å². The molecule has 0 aliphatic heterocycles. The molecule has 1 unspecified atom stereocenters. The summed E-state index contributed by atoms with van der Waals surface area (Å²) < 4.78 is 13.2. The molecule has 0 saturated carbocycles. The van der Waals surface area contributed by atoms with E-state index in [4.69, 9.17) is 0 Å². The summed E-state index contributed by atoms with van der Waals surface area (Å²) in [6.07, 6.45) is 2.56. The van der Waals surface area contributed by atoms with E-state index >= 15 is 0 Å². The Hall–Kier alpha value is -2.69. The van der Waals surface area contributed by atoms with E-state index in [1.165, 1.54) is 12.1 Å². The number of hydrogen-bond acceptors (Lipinski definition) is 2. The molecule has 2 aromatic rings. The summed E-state index contributed by atoms with van der Waals surface area (Å²) in [4.78, 5) is 27.5. The van der Waals surface area contributed by atoms with Crippen molar-refractivity contribution in [3.05, 3.63) is 71.5 Å². The highest BCUT2D eigenvalue weighted by Gasteiger charge is 2.28. The molecule has 0 heterocycles. The minimum absolute atomic E-state index is 0.126. The lowest BCUT2D eigenvalue weighted by Crippen LogP contribution is -2.49. The second kappa shape index (κ2) is 11.2. The lowest BCUT2D eigenvalue weighted by atomic mass is 10.1. The number of halogens is 1. The molecule has 0 bridgehead atoms. The quantitative estimate of drug-likeness (QED) is 0.627. The second-order valence-electron chi connectivity index (χ2n) is 6.88. The standard InChI is InChI=1S/C23H29FN2O2/c1-3-5-15-25-23(28)21(4-2)26(17-19-9-7-6-8-10-19)22(27)16-18-11-13-20(24)14-12-18/h6-14,21H,3-5,15-17H2,1-2H3,(H,25,28). The number of nitrogens with one attached hydrogen (secondary N) is 1. The van der Waals surface area contributed by atoms with Gasteiger partial charge in [-0.2, -0.15) is 0 Å². The van der Waals surface area contributed by atoms with Gasteiger partial charge >= 0.3 is 0 Å². The first-order valence-electron chi connectivity index (χ1n) is 9.90. The molecule has 150 valence electrons. The van der Waals surface area contributed by atoms with Crippen molar-refractivity contribution in [2.75, 3.05) is 6.54 Å². The largest absolute Gasteiger partial charge is 0.354 e. The van der Waals surface area contributed by atoms with E-state index in [-0.39, 0.29) is 24.1 Å². The third-order valence-electron chi connectivity index (χ3n) is 4.68. The molecule has 5 heteroatoms. The van der Waals surface area contributed by atoms with E-state index < -0.39 is 6.04 Å². The van der Waals surface area contributed by atoms with Crippen LogP contribution in [0.3, 0.4) is 0 Å². The Morgan fingerprint density at radius 3 is 2.29 bits per heavy atom. The molecular weight excluding hydrogens is 355 g/mol. The SMILES string of the molecule is CCCCNC(=O)C(CC)N(Cc1ccccc1)C(=O)Cc1ccc(F)cc1. The minimum Gasteiger partial charge on any atom is -0.354 e. The van der Waals surface area contributed by atoms with E-state index in [1.54, 1.807) is 17.0 Å². The van der Waals surface area contributed by atoms with Crippen molar-refractivity contribution in [2.45, 2.75) is 52.1 Å². The van der Waals surface area contributed by atoms with E-state index in [0.29, 0.717) is 19.5 Å². The van der Waals surface area contributed by atoms with Gasteiger partial charge in [0.05, 0.1) is 6.42 Å². The van der Waals surface area contributed by atoms with Gasteiger partial charge in [-0.1, -0.05) is 62.7 Å². The lowest BCUT2D eigenvalue weighted by molar-refractivity contribution is -0.140. The van der Waals surface area contributed by atoms with Crippen LogP contribution < -0.4 is 5.32 Å². The number of rotatable bonds is 10. The number of carbonyl (C=O) groups excluding carboxylic acids is 2. The number of amides is 2. The van der Waals surface area contributed by atoms with Crippen LogP contribution in [0.1, 0.15) is 44.2 Å². The number of unbranched alkanes of at least 4 members (excludes halogenated alkanes) is 1. The first kappa shape index (κ1) is 21.6. The maximum atomic E-state index is 13.2. The minimum atomic E-state index is -0.537. The summed E-state index contributed by atoms with van der Waals surface area (Å²) in [6, 6.07) is 15.0. The van der Waals surface area contributed by atoms with Crippen molar-refractivity contribution < 1.29 is 14.0 Å². The van der Waals surface area contributed by atoms with Gasteiger partial charge in [0.25, 0.3) is 0 Å². The predicted octanol–water partition coefficient (Wildman–Crippen LogP) is 4.09. The Labute approximate surface area is 166 Å². The molecule has 0 aromatic heterocycles. The molecule has 0 aliphatic carbocycles. The monoisotopic (exact) mass is 384 g/mol. The first-order chi connectivity index (χ1) is 13.5. The molecule has 28 heavy (non-hydrogen) atoms. The van der Waals surface area contributed by atoms with Gasteiger partial charge in [-0.05, 0) is 36.1 Å². The van der Waals surface area contributed by atoms with Crippen molar-refractivity contribution in [2.24, 2.45) is 0 Å². The predicted molar refractivity (Wildman–Crippen MR) is 109 cm³/mol. The van der Waals surface area contributed by atoms with Gasteiger partial charge < -0.3 is 10.2 Å². The Balaban J connectivity index is 2.19. The van der Waals surface area contributed by atoms with Gasteiger partial charge in [0.2, 0.25) is 11.8 Å². The highest BCUT2D eigenvalue weighted by Crippen LogP contribution is 2.15.